The highest BCUT2D eigenvalue weighted by Gasteiger charge is 2.37. The van der Waals surface area contributed by atoms with Crippen LogP contribution in [0.3, 0.4) is 0 Å². The Balaban J connectivity index is 0.891. The van der Waals surface area contributed by atoms with Crippen LogP contribution in [0, 0.1) is 0 Å². The fourth-order valence-corrected chi connectivity index (χ4v) is 12.2. The van der Waals surface area contributed by atoms with Crippen molar-refractivity contribution in [3.05, 3.63) is 302 Å². The van der Waals surface area contributed by atoms with Crippen molar-refractivity contribution in [2.24, 2.45) is 0 Å². The quantitative estimate of drug-likeness (QED) is 0.133. The summed E-state index contributed by atoms with van der Waals surface area (Å²) >= 11 is 0. The molecule has 0 bridgehead atoms. The van der Waals surface area contributed by atoms with Gasteiger partial charge in [0.15, 0.2) is 0 Å². The van der Waals surface area contributed by atoms with Crippen molar-refractivity contribution in [3.8, 4) is 83.7 Å². The summed E-state index contributed by atoms with van der Waals surface area (Å²) in [6.45, 7) is 4.80. The molecule has 0 saturated heterocycles. The van der Waals surface area contributed by atoms with Gasteiger partial charge in [0.05, 0.1) is 11.2 Å². The second kappa shape index (κ2) is 18.9. The first-order chi connectivity index (χ1) is 38.0. The van der Waals surface area contributed by atoms with Crippen LogP contribution in [0.5, 0.6) is 0 Å². The molecule has 0 amide bonds. The van der Waals surface area contributed by atoms with Crippen molar-refractivity contribution in [3.63, 3.8) is 0 Å². The molecule has 14 rings (SSSR count). The Kier molecular flexibility index (Phi) is 11.2. The Morgan fingerprint density at radius 3 is 1.23 bits per heavy atom. The number of fused-ring (bicyclic) bond motifs is 6. The van der Waals surface area contributed by atoms with Crippen LogP contribution in [-0.2, 0) is 5.41 Å². The van der Waals surface area contributed by atoms with E-state index < -0.39 is 0 Å². The minimum atomic E-state index is -0.273. The van der Waals surface area contributed by atoms with Gasteiger partial charge in [-0.2, -0.15) is 0 Å². The Labute approximate surface area is 451 Å². The Hall–Kier alpha value is -9.76. The molecule has 0 aliphatic heterocycles. The minimum Gasteiger partial charge on any atom is -0.310 e. The third-order valence-electron chi connectivity index (χ3n) is 16.0. The first kappa shape index (κ1) is 45.8. The third-order valence-corrected chi connectivity index (χ3v) is 16.0. The average Bonchev–Trinajstić information content (AvgIpc) is 3.97. The van der Waals surface area contributed by atoms with Gasteiger partial charge in [0.1, 0.15) is 0 Å². The molecule has 12 aromatic carbocycles. The Morgan fingerprint density at radius 1 is 0.286 bits per heavy atom. The van der Waals surface area contributed by atoms with E-state index in [1.165, 1.54) is 111 Å². The molecule has 0 spiro atoms. The van der Waals surface area contributed by atoms with Crippen LogP contribution in [0.25, 0.3) is 105 Å². The summed E-state index contributed by atoms with van der Waals surface area (Å²) in [7, 11) is 0. The monoisotopic (exact) mass is 982 g/mol. The highest BCUT2D eigenvalue weighted by atomic mass is 15.1. The molecule has 1 aliphatic carbocycles. The fraction of sp³-hybridized carbons (Fsp3) is 0.0400. The van der Waals surface area contributed by atoms with E-state index in [-0.39, 0.29) is 5.41 Å². The van der Waals surface area contributed by atoms with Gasteiger partial charge < -0.3 is 9.47 Å². The average molecular weight is 983 g/mol. The van der Waals surface area contributed by atoms with Crippen molar-refractivity contribution >= 4 is 38.7 Å². The molecule has 13 aromatic rings. The standard InChI is InChI=1S/C75H54N2/c1-75(2)70-49-59(37-45-66(70)67-46-44-63(50-71(67)75)76(60-38-31-54(32-39-60)51-19-8-3-9-20-51)61-40-33-55(34-41-61)52-21-10-4-11-22-52)64-29-18-30-68-65(64)47-48-69-72(57-25-14-6-15-26-57)73(58-27-16-7-17-28-58)77(74(68)69)62-42-35-56(36-43-62)53-23-12-5-13-24-53/h3-50H,1-2H3. The Bertz CT molecular complexity index is 4190. The van der Waals surface area contributed by atoms with Crippen molar-refractivity contribution in [1.82, 2.24) is 4.57 Å². The van der Waals surface area contributed by atoms with Crippen LogP contribution in [-0.4, -0.2) is 4.57 Å². The van der Waals surface area contributed by atoms with E-state index in [0.29, 0.717) is 0 Å². The van der Waals surface area contributed by atoms with Gasteiger partial charge >= 0.3 is 0 Å². The number of nitrogens with zero attached hydrogens (tertiary/aromatic N) is 2. The molecule has 77 heavy (non-hydrogen) atoms. The summed E-state index contributed by atoms with van der Waals surface area (Å²) in [5.41, 5.74) is 25.1. The van der Waals surface area contributed by atoms with Crippen molar-refractivity contribution in [2.75, 3.05) is 4.90 Å². The lowest BCUT2D eigenvalue weighted by Gasteiger charge is -2.28. The van der Waals surface area contributed by atoms with E-state index in [9.17, 15) is 0 Å². The van der Waals surface area contributed by atoms with Gasteiger partial charge in [0.2, 0.25) is 0 Å². The smallest absolute Gasteiger partial charge is 0.0620 e. The predicted octanol–water partition coefficient (Wildman–Crippen LogP) is 20.6. The lowest BCUT2D eigenvalue weighted by Crippen LogP contribution is -2.16. The molecule has 0 unspecified atom stereocenters. The number of hydrogen-bond acceptors (Lipinski definition) is 1. The number of benzene rings is 12. The maximum atomic E-state index is 2.52. The molecule has 0 radical (unpaired) electrons. The van der Waals surface area contributed by atoms with Crippen molar-refractivity contribution in [2.45, 2.75) is 19.3 Å². The number of anilines is 3. The van der Waals surface area contributed by atoms with Gasteiger partial charge in [-0.3, -0.25) is 0 Å². The van der Waals surface area contributed by atoms with Crippen LogP contribution in [0.15, 0.2) is 291 Å². The number of aromatic nitrogens is 1. The van der Waals surface area contributed by atoms with Crippen molar-refractivity contribution in [1.29, 1.82) is 0 Å². The molecule has 1 aliphatic rings. The van der Waals surface area contributed by atoms with E-state index >= 15 is 0 Å². The highest BCUT2D eigenvalue weighted by molar-refractivity contribution is 6.18. The van der Waals surface area contributed by atoms with Gasteiger partial charge in [-0.15, -0.1) is 0 Å². The Morgan fingerprint density at radius 2 is 0.701 bits per heavy atom. The summed E-state index contributed by atoms with van der Waals surface area (Å²) in [5.74, 6) is 0. The van der Waals surface area contributed by atoms with Gasteiger partial charge in [-0.1, -0.05) is 250 Å². The van der Waals surface area contributed by atoms with E-state index in [1.54, 1.807) is 0 Å². The van der Waals surface area contributed by atoms with E-state index in [1.807, 2.05) is 0 Å². The van der Waals surface area contributed by atoms with E-state index in [4.69, 9.17) is 0 Å². The lowest BCUT2D eigenvalue weighted by atomic mass is 9.81. The largest absolute Gasteiger partial charge is 0.310 e. The zero-order valence-electron chi connectivity index (χ0n) is 43.1. The van der Waals surface area contributed by atoms with E-state index in [2.05, 4.69) is 315 Å². The van der Waals surface area contributed by atoms with Gasteiger partial charge in [-0.05, 0) is 138 Å². The molecule has 2 nitrogen and oxygen atoms in total. The van der Waals surface area contributed by atoms with Crippen LogP contribution in [0.4, 0.5) is 17.1 Å². The molecular formula is C75H54N2. The topological polar surface area (TPSA) is 8.17 Å². The molecule has 2 heteroatoms. The molecular weight excluding hydrogens is 929 g/mol. The molecule has 0 saturated carbocycles. The molecule has 1 heterocycles. The maximum absolute atomic E-state index is 2.52. The second-order valence-electron chi connectivity index (χ2n) is 20.8. The first-order valence-corrected chi connectivity index (χ1v) is 26.7. The first-order valence-electron chi connectivity index (χ1n) is 26.7. The van der Waals surface area contributed by atoms with Gasteiger partial charge in [0, 0.05) is 44.5 Å². The molecule has 0 atom stereocenters. The van der Waals surface area contributed by atoms with Crippen LogP contribution >= 0.6 is 0 Å². The second-order valence-corrected chi connectivity index (χ2v) is 20.8. The maximum Gasteiger partial charge on any atom is 0.0620 e. The minimum absolute atomic E-state index is 0.273. The summed E-state index contributed by atoms with van der Waals surface area (Å²) in [4.78, 5) is 2.41. The molecule has 364 valence electrons. The lowest BCUT2D eigenvalue weighted by molar-refractivity contribution is 0.660. The normalized spacial score (nSPS) is 12.4. The van der Waals surface area contributed by atoms with Gasteiger partial charge in [0.25, 0.3) is 0 Å². The summed E-state index contributed by atoms with van der Waals surface area (Å²) in [6, 6.07) is 107. The number of rotatable bonds is 10. The highest BCUT2D eigenvalue weighted by Crippen LogP contribution is 2.53. The predicted molar refractivity (Wildman–Crippen MR) is 326 cm³/mol. The molecule has 0 N–H and O–H groups in total. The zero-order chi connectivity index (χ0) is 51.5. The molecule has 0 fully saturated rings. The van der Waals surface area contributed by atoms with Crippen molar-refractivity contribution < 1.29 is 0 Å². The van der Waals surface area contributed by atoms with Crippen LogP contribution < -0.4 is 4.90 Å². The molecule has 1 aromatic heterocycles. The van der Waals surface area contributed by atoms with Crippen LogP contribution in [0.1, 0.15) is 25.0 Å². The van der Waals surface area contributed by atoms with E-state index in [0.717, 1.165) is 22.7 Å². The zero-order valence-corrected chi connectivity index (χ0v) is 43.1. The SMILES string of the molecule is CC1(C)c2cc(-c3cccc4c3ccc3c(-c5ccccc5)c(-c5ccccc5)n(-c5ccc(-c6ccccc6)cc5)c34)ccc2-c2ccc(N(c3ccc(-c4ccccc4)cc3)c3ccc(-c4ccccc4)cc3)cc21. The summed E-state index contributed by atoms with van der Waals surface area (Å²) in [6.07, 6.45) is 0. The van der Waals surface area contributed by atoms with Crippen LogP contribution in [0.2, 0.25) is 0 Å². The summed E-state index contributed by atoms with van der Waals surface area (Å²) in [5, 5.41) is 3.66. The summed E-state index contributed by atoms with van der Waals surface area (Å²) < 4.78 is 2.52. The van der Waals surface area contributed by atoms with Gasteiger partial charge in [-0.25, -0.2) is 0 Å². The fourth-order valence-electron chi connectivity index (χ4n) is 12.2. The number of hydrogen-bond donors (Lipinski definition) is 0. The third kappa shape index (κ3) is 7.97.